The number of rotatable bonds is 3. The van der Waals surface area contributed by atoms with Crippen molar-refractivity contribution >= 4 is 17.7 Å². The van der Waals surface area contributed by atoms with E-state index in [0.29, 0.717) is 0 Å². The molecule has 4 heteroatoms. The normalized spacial score (nSPS) is 32.4. The molecule has 2 fully saturated rings. The smallest absolute Gasteiger partial charge is 0.237 e. The molecule has 2 saturated heterocycles. The number of amides is 1. The van der Waals surface area contributed by atoms with E-state index in [4.69, 9.17) is 0 Å². The van der Waals surface area contributed by atoms with E-state index in [1.54, 1.807) is 0 Å². The Morgan fingerprint density at radius 2 is 2.33 bits per heavy atom. The van der Waals surface area contributed by atoms with Gasteiger partial charge in [-0.3, -0.25) is 4.79 Å². The predicted octanol–water partition coefficient (Wildman–Crippen LogP) is 0.998. The van der Waals surface area contributed by atoms with Crippen LogP contribution in [0.1, 0.15) is 25.7 Å². The fourth-order valence-electron chi connectivity index (χ4n) is 2.19. The average molecular weight is 228 g/mol. The van der Waals surface area contributed by atoms with E-state index < -0.39 is 0 Å². The van der Waals surface area contributed by atoms with Crippen molar-refractivity contribution in [3.63, 3.8) is 0 Å². The lowest BCUT2D eigenvalue weighted by Gasteiger charge is -2.17. The molecule has 2 aliphatic heterocycles. The van der Waals surface area contributed by atoms with E-state index in [9.17, 15) is 4.79 Å². The minimum Gasteiger partial charge on any atom is -0.355 e. The van der Waals surface area contributed by atoms with Crippen LogP contribution in [0.5, 0.6) is 0 Å². The zero-order valence-electron chi connectivity index (χ0n) is 9.13. The molecule has 0 spiro atoms. The molecule has 0 aromatic heterocycles. The molecule has 2 rings (SSSR count). The average Bonchev–Trinajstić information content (AvgIpc) is 2.67. The Morgan fingerprint density at radius 3 is 3.13 bits per heavy atom. The molecule has 2 heterocycles. The summed E-state index contributed by atoms with van der Waals surface area (Å²) in [6, 6.07) is 0.0677. The Bertz CT molecular complexity index is 217. The van der Waals surface area contributed by atoms with Gasteiger partial charge in [0.25, 0.3) is 0 Å². The van der Waals surface area contributed by atoms with Crippen LogP contribution in [-0.4, -0.2) is 36.5 Å². The molecular formula is C11H20N2OS. The highest BCUT2D eigenvalue weighted by Crippen LogP contribution is 2.22. The fourth-order valence-corrected chi connectivity index (χ4v) is 3.47. The van der Waals surface area contributed by atoms with Crippen molar-refractivity contribution in [1.29, 1.82) is 0 Å². The van der Waals surface area contributed by atoms with Crippen LogP contribution in [0.2, 0.25) is 0 Å². The van der Waals surface area contributed by atoms with Crippen molar-refractivity contribution in [3.8, 4) is 0 Å². The quantitative estimate of drug-likeness (QED) is 0.757. The van der Waals surface area contributed by atoms with Crippen molar-refractivity contribution < 1.29 is 4.79 Å². The molecule has 1 amide bonds. The van der Waals surface area contributed by atoms with Gasteiger partial charge in [-0.2, -0.15) is 11.8 Å². The maximum atomic E-state index is 11.6. The van der Waals surface area contributed by atoms with Crippen LogP contribution in [0.15, 0.2) is 0 Å². The molecule has 3 nitrogen and oxygen atoms in total. The summed E-state index contributed by atoms with van der Waals surface area (Å²) in [7, 11) is 0. The van der Waals surface area contributed by atoms with Crippen LogP contribution in [0.25, 0.3) is 0 Å². The van der Waals surface area contributed by atoms with Gasteiger partial charge in [0.15, 0.2) is 0 Å². The Kier molecular flexibility index (Phi) is 4.32. The summed E-state index contributed by atoms with van der Waals surface area (Å²) in [5.41, 5.74) is 0. The molecule has 0 radical (unpaired) electrons. The van der Waals surface area contributed by atoms with Crippen molar-refractivity contribution in [2.75, 3.05) is 24.6 Å². The molecule has 2 unspecified atom stereocenters. The minimum absolute atomic E-state index is 0.0677. The summed E-state index contributed by atoms with van der Waals surface area (Å²) >= 11 is 2.03. The van der Waals surface area contributed by atoms with E-state index in [0.717, 1.165) is 38.3 Å². The first-order valence-corrected chi connectivity index (χ1v) is 7.10. The zero-order chi connectivity index (χ0) is 10.5. The highest BCUT2D eigenvalue weighted by atomic mass is 32.2. The van der Waals surface area contributed by atoms with E-state index in [1.807, 2.05) is 11.8 Å². The number of carbonyl (C=O) groups is 1. The van der Waals surface area contributed by atoms with Crippen LogP contribution in [0.3, 0.4) is 0 Å². The van der Waals surface area contributed by atoms with Crippen LogP contribution in [-0.2, 0) is 4.79 Å². The van der Waals surface area contributed by atoms with Crippen LogP contribution in [0.4, 0.5) is 0 Å². The molecular weight excluding hydrogens is 208 g/mol. The first kappa shape index (κ1) is 11.3. The van der Waals surface area contributed by atoms with Crippen LogP contribution in [0, 0.1) is 5.92 Å². The third-order valence-electron chi connectivity index (χ3n) is 3.21. The van der Waals surface area contributed by atoms with Gasteiger partial charge in [-0.15, -0.1) is 0 Å². The number of thioether (sulfide) groups is 1. The second-order valence-electron chi connectivity index (χ2n) is 4.48. The highest BCUT2D eigenvalue weighted by Gasteiger charge is 2.22. The number of hydrogen-bond donors (Lipinski definition) is 2. The van der Waals surface area contributed by atoms with Crippen molar-refractivity contribution in [2.45, 2.75) is 31.7 Å². The molecule has 0 aliphatic carbocycles. The number of nitrogens with one attached hydrogen (secondary N) is 2. The van der Waals surface area contributed by atoms with Gasteiger partial charge < -0.3 is 10.6 Å². The predicted molar refractivity (Wildman–Crippen MR) is 64.1 cm³/mol. The van der Waals surface area contributed by atoms with Crippen LogP contribution < -0.4 is 10.6 Å². The molecule has 0 saturated carbocycles. The number of carbonyl (C=O) groups excluding carboxylic acids is 1. The second-order valence-corrected chi connectivity index (χ2v) is 5.63. The Labute approximate surface area is 95.8 Å². The minimum atomic E-state index is 0.0677. The van der Waals surface area contributed by atoms with E-state index in [1.165, 1.54) is 17.9 Å². The summed E-state index contributed by atoms with van der Waals surface area (Å²) in [6.07, 6.45) is 4.61. The van der Waals surface area contributed by atoms with Gasteiger partial charge in [0.05, 0.1) is 6.04 Å². The summed E-state index contributed by atoms with van der Waals surface area (Å²) in [5.74, 6) is 3.55. The molecule has 2 N–H and O–H groups in total. The molecule has 2 atom stereocenters. The lowest BCUT2D eigenvalue weighted by atomic mass is 10.1. The Balaban J connectivity index is 1.73. The highest BCUT2D eigenvalue weighted by molar-refractivity contribution is 7.99. The van der Waals surface area contributed by atoms with Gasteiger partial charge in [-0.25, -0.2) is 0 Å². The summed E-state index contributed by atoms with van der Waals surface area (Å²) in [4.78, 5) is 11.6. The zero-order valence-corrected chi connectivity index (χ0v) is 9.94. The van der Waals surface area contributed by atoms with E-state index in [-0.39, 0.29) is 11.9 Å². The molecule has 86 valence electrons. The third-order valence-corrected chi connectivity index (χ3v) is 4.44. The van der Waals surface area contributed by atoms with Gasteiger partial charge in [0.2, 0.25) is 5.91 Å². The Hall–Kier alpha value is -0.220. The molecule has 2 aliphatic rings. The van der Waals surface area contributed by atoms with Gasteiger partial charge >= 0.3 is 0 Å². The lowest BCUT2D eigenvalue weighted by Crippen LogP contribution is -2.44. The summed E-state index contributed by atoms with van der Waals surface area (Å²) in [6.45, 7) is 1.88. The third kappa shape index (κ3) is 3.38. The topological polar surface area (TPSA) is 41.1 Å². The van der Waals surface area contributed by atoms with Crippen molar-refractivity contribution in [2.24, 2.45) is 5.92 Å². The van der Waals surface area contributed by atoms with Gasteiger partial charge in [-0.05, 0) is 49.7 Å². The first-order chi connectivity index (χ1) is 7.36. The molecule has 15 heavy (non-hydrogen) atoms. The van der Waals surface area contributed by atoms with Gasteiger partial charge in [0, 0.05) is 6.54 Å². The molecule has 0 aromatic carbocycles. The molecule has 0 bridgehead atoms. The maximum absolute atomic E-state index is 11.6. The summed E-state index contributed by atoms with van der Waals surface area (Å²) < 4.78 is 0. The monoisotopic (exact) mass is 228 g/mol. The van der Waals surface area contributed by atoms with Gasteiger partial charge in [-0.1, -0.05) is 0 Å². The molecule has 0 aromatic rings. The van der Waals surface area contributed by atoms with Crippen molar-refractivity contribution in [1.82, 2.24) is 10.6 Å². The van der Waals surface area contributed by atoms with E-state index in [2.05, 4.69) is 10.6 Å². The SMILES string of the molecule is O=C1NCCCCC1NCC1CCSC1. The standard InChI is InChI=1S/C11H20N2OS/c14-11-10(3-1-2-5-12-11)13-7-9-4-6-15-8-9/h9-10,13H,1-8H2,(H,12,14). The van der Waals surface area contributed by atoms with Crippen LogP contribution >= 0.6 is 11.8 Å². The first-order valence-electron chi connectivity index (χ1n) is 5.95. The maximum Gasteiger partial charge on any atom is 0.237 e. The summed E-state index contributed by atoms with van der Waals surface area (Å²) in [5, 5.41) is 6.39. The fraction of sp³-hybridized carbons (Fsp3) is 0.909. The second kappa shape index (κ2) is 5.75. The van der Waals surface area contributed by atoms with E-state index >= 15 is 0 Å². The lowest BCUT2D eigenvalue weighted by molar-refractivity contribution is -0.122. The van der Waals surface area contributed by atoms with Gasteiger partial charge in [0.1, 0.15) is 0 Å². The largest absolute Gasteiger partial charge is 0.355 e. The Morgan fingerprint density at radius 1 is 1.40 bits per heavy atom. The van der Waals surface area contributed by atoms with Crippen molar-refractivity contribution in [3.05, 3.63) is 0 Å². The number of hydrogen-bond acceptors (Lipinski definition) is 3.